The van der Waals surface area contributed by atoms with Crippen molar-refractivity contribution in [2.75, 3.05) is 18.2 Å². The molecule has 0 bridgehead atoms. The quantitative estimate of drug-likeness (QED) is 0.672. The van der Waals surface area contributed by atoms with Gasteiger partial charge in [-0.25, -0.2) is 4.39 Å². The number of methoxy groups -OCH3 is 1. The van der Waals surface area contributed by atoms with Crippen molar-refractivity contribution in [3.8, 4) is 17.1 Å². The second-order valence-electron chi connectivity index (χ2n) is 5.41. The summed E-state index contributed by atoms with van der Waals surface area (Å²) >= 11 is 1.23. The summed E-state index contributed by atoms with van der Waals surface area (Å²) in [6.07, 6.45) is 0. The number of nitrogens with one attached hydrogen (secondary N) is 1. The molecule has 0 aliphatic carbocycles. The first-order valence-corrected chi connectivity index (χ1v) is 8.78. The number of ether oxygens (including phenoxy) is 1. The molecule has 0 saturated carbocycles. The lowest BCUT2D eigenvalue weighted by Gasteiger charge is -2.06. The summed E-state index contributed by atoms with van der Waals surface area (Å²) in [6, 6.07) is 13.5. The van der Waals surface area contributed by atoms with Crippen LogP contribution in [0.15, 0.2) is 53.7 Å². The van der Waals surface area contributed by atoms with Gasteiger partial charge in [0, 0.05) is 12.6 Å². The van der Waals surface area contributed by atoms with Crippen molar-refractivity contribution in [2.24, 2.45) is 7.05 Å². The van der Waals surface area contributed by atoms with Gasteiger partial charge in [-0.3, -0.25) is 4.79 Å². The van der Waals surface area contributed by atoms with E-state index in [0.717, 1.165) is 11.3 Å². The van der Waals surface area contributed by atoms with Gasteiger partial charge in [0.1, 0.15) is 11.6 Å². The van der Waals surface area contributed by atoms with E-state index in [1.807, 2.05) is 35.9 Å². The SMILES string of the molecule is COc1ccc(-c2nnc(SCC(=O)Nc3ccccc3F)n2C)cc1. The van der Waals surface area contributed by atoms with Crippen molar-refractivity contribution in [1.82, 2.24) is 14.8 Å². The first-order valence-electron chi connectivity index (χ1n) is 7.79. The minimum absolute atomic E-state index is 0.100. The number of rotatable bonds is 6. The van der Waals surface area contributed by atoms with Crippen LogP contribution in [0.1, 0.15) is 0 Å². The van der Waals surface area contributed by atoms with Gasteiger partial charge >= 0.3 is 0 Å². The summed E-state index contributed by atoms with van der Waals surface area (Å²) < 4.78 is 20.5. The highest BCUT2D eigenvalue weighted by Crippen LogP contribution is 2.24. The van der Waals surface area contributed by atoms with Gasteiger partial charge in [-0.15, -0.1) is 10.2 Å². The minimum atomic E-state index is -0.466. The minimum Gasteiger partial charge on any atom is -0.497 e. The number of halogens is 1. The first kappa shape index (κ1) is 17.9. The highest BCUT2D eigenvalue weighted by atomic mass is 32.2. The van der Waals surface area contributed by atoms with E-state index in [2.05, 4.69) is 15.5 Å². The van der Waals surface area contributed by atoms with Crippen LogP contribution in [0.4, 0.5) is 10.1 Å². The van der Waals surface area contributed by atoms with Crippen LogP contribution in [0, 0.1) is 5.82 Å². The Balaban J connectivity index is 1.64. The van der Waals surface area contributed by atoms with E-state index in [0.29, 0.717) is 11.0 Å². The highest BCUT2D eigenvalue weighted by Gasteiger charge is 2.14. The number of nitrogens with zero attached hydrogens (tertiary/aromatic N) is 3. The standard InChI is InChI=1S/C18H17FN4O2S/c1-23-17(12-7-9-13(25-2)10-8-12)21-22-18(23)26-11-16(24)20-15-6-4-3-5-14(15)19/h3-10H,11H2,1-2H3,(H,20,24). The molecule has 1 aromatic heterocycles. The molecular formula is C18H17FN4O2S. The molecule has 0 saturated heterocycles. The van der Waals surface area contributed by atoms with Crippen molar-refractivity contribution in [3.05, 3.63) is 54.3 Å². The zero-order valence-corrected chi connectivity index (χ0v) is 15.1. The van der Waals surface area contributed by atoms with Gasteiger partial charge in [-0.05, 0) is 36.4 Å². The van der Waals surface area contributed by atoms with Crippen LogP contribution in [0.3, 0.4) is 0 Å². The molecule has 134 valence electrons. The predicted molar refractivity (Wildman–Crippen MR) is 98.7 cm³/mol. The average Bonchev–Trinajstić information content (AvgIpc) is 3.02. The van der Waals surface area contributed by atoms with Gasteiger partial charge in [0.05, 0.1) is 18.6 Å². The molecule has 1 N–H and O–H groups in total. The molecule has 0 aliphatic heterocycles. The van der Waals surface area contributed by atoms with Crippen molar-refractivity contribution < 1.29 is 13.9 Å². The molecule has 26 heavy (non-hydrogen) atoms. The van der Waals surface area contributed by atoms with E-state index in [9.17, 15) is 9.18 Å². The Bertz CT molecular complexity index is 912. The van der Waals surface area contributed by atoms with Gasteiger partial charge < -0.3 is 14.6 Å². The Labute approximate surface area is 154 Å². The summed E-state index contributed by atoms with van der Waals surface area (Å²) in [5, 5.41) is 11.4. The number of benzene rings is 2. The number of para-hydroxylation sites is 1. The third-order valence-electron chi connectivity index (χ3n) is 3.66. The fraction of sp³-hybridized carbons (Fsp3) is 0.167. The van der Waals surface area contributed by atoms with Crippen LogP contribution in [-0.2, 0) is 11.8 Å². The van der Waals surface area contributed by atoms with Crippen LogP contribution in [-0.4, -0.2) is 33.5 Å². The summed E-state index contributed by atoms with van der Waals surface area (Å²) in [7, 11) is 3.44. The first-order chi connectivity index (χ1) is 12.6. The molecule has 0 unspecified atom stereocenters. The average molecular weight is 372 g/mol. The van der Waals surface area contributed by atoms with Crippen molar-refractivity contribution in [3.63, 3.8) is 0 Å². The fourth-order valence-electron chi connectivity index (χ4n) is 2.31. The maximum absolute atomic E-state index is 13.6. The maximum Gasteiger partial charge on any atom is 0.234 e. The predicted octanol–water partition coefficient (Wildman–Crippen LogP) is 3.36. The molecule has 0 aliphatic rings. The van der Waals surface area contributed by atoms with E-state index in [4.69, 9.17) is 4.74 Å². The molecule has 3 rings (SSSR count). The molecule has 1 heterocycles. The van der Waals surface area contributed by atoms with Gasteiger partial charge in [0.15, 0.2) is 11.0 Å². The molecule has 6 nitrogen and oxygen atoms in total. The highest BCUT2D eigenvalue weighted by molar-refractivity contribution is 7.99. The summed E-state index contributed by atoms with van der Waals surface area (Å²) in [4.78, 5) is 12.0. The van der Waals surface area contributed by atoms with E-state index in [1.165, 1.54) is 23.9 Å². The molecular weight excluding hydrogens is 355 g/mol. The zero-order chi connectivity index (χ0) is 18.5. The second-order valence-corrected chi connectivity index (χ2v) is 6.35. The van der Waals surface area contributed by atoms with Crippen LogP contribution < -0.4 is 10.1 Å². The number of carbonyl (C=O) groups is 1. The molecule has 0 radical (unpaired) electrons. The summed E-state index contributed by atoms with van der Waals surface area (Å²) in [6.45, 7) is 0. The Hall–Kier alpha value is -2.87. The van der Waals surface area contributed by atoms with Crippen LogP contribution in [0.2, 0.25) is 0 Å². The zero-order valence-electron chi connectivity index (χ0n) is 14.3. The summed E-state index contributed by atoms with van der Waals surface area (Å²) in [5.41, 5.74) is 1.05. The number of anilines is 1. The summed E-state index contributed by atoms with van der Waals surface area (Å²) in [5.74, 6) is 0.767. The molecule has 0 atom stereocenters. The number of carbonyl (C=O) groups excluding carboxylic acids is 1. The third-order valence-corrected chi connectivity index (χ3v) is 4.68. The topological polar surface area (TPSA) is 69.0 Å². The lowest BCUT2D eigenvalue weighted by molar-refractivity contribution is -0.113. The Morgan fingerprint density at radius 1 is 1.19 bits per heavy atom. The monoisotopic (exact) mass is 372 g/mol. The van der Waals surface area contributed by atoms with Crippen LogP contribution in [0.25, 0.3) is 11.4 Å². The van der Waals surface area contributed by atoms with Crippen molar-refractivity contribution in [2.45, 2.75) is 5.16 Å². The number of aromatic nitrogens is 3. The fourth-order valence-corrected chi connectivity index (χ4v) is 3.02. The molecule has 1 amide bonds. The van der Waals surface area contributed by atoms with Gasteiger partial charge in [-0.1, -0.05) is 23.9 Å². The largest absolute Gasteiger partial charge is 0.497 e. The maximum atomic E-state index is 13.6. The number of hydrogen-bond acceptors (Lipinski definition) is 5. The Morgan fingerprint density at radius 2 is 1.92 bits per heavy atom. The van der Waals surface area contributed by atoms with E-state index in [1.54, 1.807) is 19.2 Å². The Kier molecular flexibility index (Phi) is 5.52. The van der Waals surface area contributed by atoms with E-state index >= 15 is 0 Å². The van der Waals surface area contributed by atoms with Gasteiger partial charge in [0.25, 0.3) is 0 Å². The lowest BCUT2D eigenvalue weighted by atomic mass is 10.2. The lowest BCUT2D eigenvalue weighted by Crippen LogP contribution is -2.15. The van der Waals surface area contributed by atoms with Crippen LogP contribution >= 0.6 is 11.8 Å². The normalized spacial score (nSPS) is 10.6. The van der Waals surface area contributed by atoms with E-state index in [-0.39, 0.29) is 17.3 Å². The number of amides is 1. The molecule has 0 spiro atoms. The second kappa shape index (κ2) is 8.01. The third kappa shape index (κ3) is 4.02. The molecule has 2 aromatic carbocycles. The van der Waals surface area contributed by atoms with Crippen molar-refractivity contribution >= 4 is 23.4 Å². The number of thioether (sulfide) groups is 1. The molecule has 0 fully saturated rings. The molecule has 8 heteroatoms. The van der Waals surface area contributed by atoms with E-state index < -0.39 is 5.82 Å². The van der Waals surface area contributed by atoms with Gasteiger partial charge in [-0.2, -0.15) is 0 Å². The Morgan fingerprint density at radius 3 is 2.62 bits per heavy atom. The van der Waals surface area contributed by atoms with Gasteiger partial charge in [0.2, 0.25) is 5.91 Å². The smallest absolute Gasteiger partial charge is 0.234 e. The van der Waals surface area contributed by atoms with Crippen molar-refractivity contribution in [1.29, 1.82) is 0 Å². The van der Waals surface area contributed by atoms with Crippen LogP contribution in [0.5, 0.6) is 5.75 Å². The molecule has 3 aromatic rings. The number of hydrogen-bond donors (Lipinski definition) is 1.